The predicted octanol–water partition coefficient (Wildman–Crippen LogP) is 0.744. The zero-order valence-corrected chi connectivity index (χ0v) is 10.7. The average Bonchev–Trinajstić information content (AvgIpc) is 2.27. The second-order valence-electron chi connectivity index (χ2n) is 5.09. The molecule has 0 spiro atoms. The highest BCUT2D eigenvalue weighted by Gasteiger charge is 2.43. The lowest BCUT2D eigenvalue weighted by Gasteiger charge is -2.37. The van der Waals surface area contributed by atoms with Crippen LogP contribution in [0.3, 0.4) is 0 Å². The van der Waals surface area contributed by atoms with E-state index in [1.165, 1.54) is 0 Å². The van der Waals surface area contributed by atoms with Gasteiger partial charge in [-0.3, -0.25) is 4.79 Å². The minimum atomic E-state index is -1.07. The SMILES string of the molecule is CNC(C)C(=O)NC1(C(=O)O)CCCC(C)C1. The zero-order chi connectivity index (χ0) is 13.1. The van der Waals surface area contributed by atoms with Gasteiger partial charge in [0.1, 0.15) is 5.54 Å². The molecule has 1 rings (SSSR count). The number of nitrogens with one attached hydrogen (secondary N) is 2. The lowest BCUT2D eigenvalue weighted by molar-refractivity contribution is -0.150. The molecule has 98 valence electrons. The van der Waals surface area contributed by atoms with Gasteiger partial charge in [0.15, 0.2) is 0 Å². The molecule has 1 amide bonds. The minimum absolute atomic E-state index is 0.246. The van der Waals surface area contributed by atoms with Crippen LogP contribution in [-0.2, 0) is 9.59 Å². The molecule has 0 aromatic heterocycles. The third kappa shape index (κ3) is 3.19. The van der Waals surface area contributed by atoms with E-state index in [4.69, 9.17) is 0 Å². The van der Waals surface area contributed by atoms with Gasteiger partial charge in [-0.25, -0.2) is 4.79 Å². The van der Waals surface area contributed by atoms with Crippen molar-refractivity contribution in [3.63, 3.8) is 0 Å². The molecule has 0 aliphatic heterocycles. The molecule has 1 aliphatic rings. The smallest absolute Gasteiger partial charge is 0.329 e. The van der Waals surface area contributed by atoms with Crippen LogP contribution in [0.2, 0.25) is 0 Å². The summed E-state index contributed by atoms with van der Waals surface area (Å²) in [7, 11) is 1.68. The Morgan fingerprint density at radius 3 is 2.59 bits per heavy atom. The number of carboxylic acid groups (broad SMARTS) is 1. The second-order valence-corrected chi connectivity index (χ2v) is 5.09. The maximum absolute atomic E-state index is 11.8. The number of hydrogen-bond acceptors (Lipinski definition) is 3. The molecule has 0 saturated heterocycles. The molecule has 0 radical (unpaired) electrons. The summed E-state index contributed by atoms with van der Waals surface area (Å²) in [6.45, 7) is 3.75. The van der Waals surface area contributed by atoms with Crippen LogP contribution in [0.25, 0.3) is 0 Å². The molecule has 0 bridgehead atoms. The monoisotopic (exact) mass is 242 g/mol. The van der Waals surface area contributed by atoms with Gasteiger partial charge in [-0.2, -0.15) is 0 Å². The highest BCUT2D eigenvalue weighted by Crippen LogP contribution is 2.32. The fourth-order valence-electron chi connectivity index (χ4n) is 2.39. The second kappa shape index (κ2) is 5.49. The van der Waals surface area contributed by atoms with Gasteiger partial charge < -0.3 is 15.7 Å². The van der Waals surface area contributed by atoms with E-state index in [-0.39, 0.29) is 11.9 Å². The molecular weight excluding hydrogens is 220 g/mol. The van der Waals surface area contributed by atoms with Crippen LogP contribution in [0.5, 0.6) is 0 Å². The van der Waals surface area contributed by atoms with Crippen molar-refractivity contribution in [2.45, 2.75) is 51.1 Å². The van der Waals surface area contributed by atoms with Crippen LogP contribution in [0.15, 0.2) is 0 Å². The fraction of sp³-hybridized carbons (Fsp3) is 0.833. The largest absolute Gasteiger partial charge is 0.480 e. The predicted molar refractivity (Wildman–Crippen MR) is 64.7 cm³/mol. The van der Waals surface area contributed by atoms with Crippen molar-refractivity contribution in [1.29, 1.82) is 0 Å². The Bertz CT molecular complexity index is 306. The number of rotatable bonds is 4. The Balaban J connectivity index is 2.78. The molecule has 5 nitrogen and oxygen atoms in total. The zero-order valence-electron chi connectivity index (χ0n) is 10.7. The maximum Gasteiger partial charge on any atom is 0.329 e. The van der Waals surface area contributed by atoms with E-state index < -0.39 is 11.5 Å². The highest BCUT2D eigenvalue weighted by molar-refractivity contribution is 5.89. The highest BCUT2D eigenvalue weighted by atomic mass is 16.4. The van der Waals surface area contributed by atoms with Crippen molar-refractivity contribution < 1.29 is 14.7 Å². The third-order valence-corrected chi connectivity index (χ3v) is 3.60. The first kappa shape index (κ1) is 14.0. The van der Waals surface area contributed by atoms with E-state index in [2.05, 4.69) is 10.6 Å². The lowest BCUT2D eigenvalue weighted by Crippen LogP contribution is -2.59. The Hall–Kier alpha value is -1.10. The molecule has 1 saturated carbocycles. The number of carbonyl (C=O) groups is 2. The molecule has 3 N–H and O–H groups in total. The first-order chi connectivity index (χ1) is 7.91. The lowest BCUT2D eigenvalue weighted by atomic mass is 9.76. The van der Waals surface area contributed by atoms with Gasteiger partial charge in [-0.1, -0.05) is 19.8 Å². The summed E-state index contributed by atoms with van der Waals surface area (Å²) in [4.78, 5) is 23.3. The molecular formula is C12H22N2O3. The molecule has 0 aromatic carbocycles. The maximum atomic E-state index is 11.8. The summed E-state index contributed by atoms with van der Waals surface area (Å²) >= 11 is 0. The van der Waals surface area contributed by atoms with Crippen LogP contribution in [0.1, 0.15) is 39.5 Å². The summed E-state index contributed by atoms with van der Waals surface area (Å²) in [6, 6.07) is -0.372. The first-order valence-corrected chi connectivity index (χ1v) is 6.14. The van der Waals surface area contributed by atoms with Gasteiger partial charge in [0, 0.05) is 0 Å². The molecule has 0 aromatic rings. The van der Waals surface area contributed by atoms with Gasteiger partial charge in [0.25, 0.3) is 0 Å². The van der Waals surface area contributed by atoms with Gasteiger partial charge in [-0.15, -0.1) is 0 Å². The minimum Gasteiger partial charge on any atom is -0.480 e. The van der Waals surface area contributed by atoms with Crippen molar-refractivity contribution in [3.05, 3.63) is 0 Å². The standard InChI is InChI=1S/C12H22N2O3/c1-8-5-4-6-12(7-8,11(16)17)14-10(15)9(2)13-3/h8-9,13H,4-7H2,1-3H3,(H,14,15)(H,16,17). The summed E-state index contributed by atoms with van der Waals surface area (Å²) < 4.78 is 0. The number of hydrogen-bond donors (Lipinski definition) is 3. The van der Waals surface area contributed by atoms with Gasteiger partial charge in [0.2, 0.25) is 5.91 Å². The molecule has 5 heteroatoms. The molecule has 3 atom stereocenters. The fourth-order valence-corrected chi connectivity index (χ4v) is 2.39. The van der Waals surface area contributed by atoms with E-state index in [1.54, 1.807) is 14.0 Å². The van der Waals surface area contributed by atoms with E-state index in [9.17, 15) is 14.7 Å². The molecule has 17 heavy (non-hydrogen) atoms. The normalized spacial score (nSPS) is 30.6. The quantitative estimate of drug-likeness (QED) is 0.679. The summed E-state index contributed by atoms with van der Waals surface area (Å²) in [5.74, 6) is -0.824. The van der Waals surface area contributed by atoms with E-state index in [1.807, 2.05) is 6.92 Å². The van der Waals surface area contributed by atoms with Crippen LogP contribution in [0, 0.1) is 5.92 Å². The van der Waals surface area contributed by atoms with Crippen LogP contribution >= 0.6 is 0 Å². The van der Waals surface area contributed by atoms with Gasteiger partial charge in [-0.05, 0) is 32.7 Å². The van der Waals surface area contributed by atoms with Crippen LogP contribution in [0.4, 0.5) is 0 Å². The topological polar surface area (TPSA) is 78.4 Å². The van der Waals surface area contributed by atoms with Crippen molar-refractivity contribution in [1.82, 2.24) is 10.6 Å². The third-order valence-electron chi connectivity index (χ3n) is 3.60. The number of amides is 1. The van der Waals surface area contributed by atoms with Crippen molar-refractivity contribution in [2.75, 3.05) is 7.05 Å². The Labute approximate surface area is 102 Å². The first-order valence-electron chi connectivity index (χ1n) is 6.14. The van der Waals surface area contributed by atoms with Crippen molar-refractivity contribution in [3.8, 4) is 0 Å². The Morgan fingerprint density at radius 2 is 2.12 bits per heavy atom. The molecule has 3 unspecified atom stereocenters. The summed E-state index contributed by atoms with van der Waals surface area (Å²) in [5, 5.41) is 14.9. The van der Waals surface area contributed by atoms with Crippen LogP contribution < -0.4 is 10.6 Å². The molecule has 0 heterocycles. The Morgan fingerprint density at radius 1 is 1.47 bits per heavy atom. The number of likely N-dealkylation sites (N-methyl/N-ethyl adjacent to an activating group) is 1. The van der Waals surface area contributed by atoms with Gasteiger partial charge >= 0.3 is 5.97 Å². The van der Waals surface area contributed by atoms with E-state index >= 15 is 0 Å². The van der Waals surface area contributed by atoms with E-state index in [0.717, 1.165) is 12.8 Å². The molecule has 1 aliphatic carbocycles. The average molecular weight is 242 g/mol. The number of carboxylic acids is 1. The molecule has 1 fully saturated rings. The summed E-state index contributed by atoms with van der Waals surface area (Å²) in [6.07, 6.45) is 2.92. The number of carbonyl (C=O) groups excluding carboxylic acids is 1. The Kier molecular flexibility index (Phi) is 4.51. The van der Waals surface area contributed by atoms with Crippen LogP contribution in [-0.4, -0.2) is 35.6 Å². The van der Waals surface area contributed by atoms with E-state index in [0.29, 0.717) is 18.8 Å². The number of aliphatic carboxylic acids is 1. The van der Waals surface area contributed by atoms with Crippen molar-refractivity contribution >= 4 is 11.9 Å². The van der Waals surface area contributed by atoms with Gasteiger partial charge in [0.05, 0.1) is 6.04 Å². The summed E-state index contributed by atoms with van der Waals surface area (Å²) in [5.41, 5.74) is -1.07. The van der Waals surface area contributed by atoms with Crippen molar-refractivity contribution in [2.24, 2.45) is 5.92 Å².